The molecule has 0 aromatic rings. The Hall–Kier alpha value is -1.71. The van der Waals surface area contributed by atoms with Crippen LogP contribution in [0, 0.1) is 0 Å². The number of nitrogens with zero attached hydrogens (tertiary/aromatic N) is 2. The summed E-state index contributed by atoms with van der Waals surface area (Å²) in [5.41, 5.74) is 0.996. The summed E-state index contributed by atoms with van der Waals surface area (Å²) in [5, 5.41) is 0. The van der Waals surface area contributed by atoms with Crippen LogP contribution < -0.4 is 0 Å². The van der Waals surface area contributed by atoms with Crippen molar-refractivity contribution in [2.45, 2.75) is 25.4 Å². The monoisotopic (exact) mass is 360 g/mol. The molecule has 0 N–H and O–H groups in total. The molecule has 0 atom stereocenters. The maximum atomic E-state index is 12.4. The second-order valence-electron chi connectivity index (χ2n) is 5.36. The quantitative estimate of drug-likeness (QED) is 0.569. The van der Waals surface area contributed by atoms with Crippen LogP contribution in [0.2, 0.25) is 0 Å². The van der Waals surface area contributed by atoms with Gasteiger partial charge in [0.1, 0.15) is 0 Å². The molecule has 0 aromatic carbocycles. The number of rotatable bonds is 4. The van der Waals surface area contributed by atoms with Crippen molar-refractivity contribution in [3.8, 4) is 0 Å². The zero-order chi connectivity index (χ0) is 18.5. The number of hydrogen-bond acceptors (Lipinski definition) is 3. The number of alkyl halides is 6. The molecule has 0 spiro atoms. The zero-order valence-corrected chi connectivity index (χ0v) is 13.0. The van der Waals surface area contributed by atoms with Gasteiger partial charge >= 0.3 is 18.4 Å². The smallest absolute Gasteiger partial charge is 0.426 e. The molecule has 0 aliphatic carbocycles. The SMILES string of the molecule is C=CC=C(C)CN1CCN(C(=O)OC(C(F)(F)F)C(F)(F)F)CC1. The predicted molar refractivity (Wildman–Crippen MR) is 74.3 cm³/mol. The highest BCUT2D eigenvalue weighted by Gasteiger charge is 2.60. The normalized spacial score (nSPS) is 18.0. The van der Waals surface area contributed by atoms with Gasteiger partial charge in [-0.05, 0) is 6.92 Å². The Morgan fingerprint density at radius 1 is 1.12 bits per heavy atom. The number of allylic oxidation sites excluding steroid dienone is 2. The summed E-state index contributed by atoms with van der Waals surface area (Å²) in [7, 11) is 0. The first-order chi connectivity index (χ1) is 10.9. The number of ether oxygens (including phenoxy) is 1. The average molecular weight is 360 g/mol. The first-order valence-electron chi connectivity index (χ1n) is 7.04. The minimum atomic E-state index is -5.71. The highest BCUT2D eigenvalue weighted by molar-refractivity contribution is 5.68. The molecule has 24 heavy (non-hydrogen) atoms. The van der Waals surface area contributed by atoms with Crippen molar-refractivity contribution >= 4 is 6.09 Å². The maximum Gasteiger partial charge on any atom is 0.434 e. The third-order valence-electron chi connectivity index (χ3n) is 3.32. The van der Waals surface area contributed by atoms with Gasteiger partial charge in [-0.3, -0.25) is 4.90 Å². The minimum Gasteiger partial charge on any atom is -0.426 e. The second-order valence-corrected chi connectivity index (χ2v) is 5.36. The Morgan fingerprint density at radius 3 is 2.04 bits per heavy atom. The van der Waals surface area contributed by atoms with Crippen LogP contribution in [-0.2, 0) is 4.74 Å². The number of amides is 1. The van der Waals surface area contributed by atoms with E-state index in [1.54, 1.807) is 12.2 Å². The third-order valence-corrected chi connectivity index (χ3v) is 3.32. The molecule has 0 saturated carbocycles. The molecule has 1 heterocycles. The van der Waals surface area contributed by atoms with E-state index in [0.29, 0.717) is 19.6 Å². The number of carbonyl (C=O) groups excluding carboxylic acids is 1. The predicted octanol–water partition coefficient (Wildman–Crippen LogP) is 3.37. The van der Waals surface area contributed by atoms with E-state index in [1.807, 2.05) is 11.8 Å². The van der Waals surface area contributed by atoms with Gasteiger partial charge in [0.05, 0.1) is 0 Å². The molecule has 0 radical (unpaired) electrons. The van der Waals surface area contributed by atoms with Gasteiger partial charge < -0.3 is 9.64 Å². The van der Waals surface area contributed by atoms with E-state index in [2.05, 4.69) is 11.3 Å². The van der Waals surface area contributed by atoms with E-state index < -0.39 is 24.5 Å². The summed E-state index contributed by atoms with van der Waals surface area (Å²) in [5.74, 6) is 0. The van der Waals surface area contributed by atoms with Crippen LogP contribution >= 0.6 is 0 Å². The van der Waals surface area contributed by atoms with Gasteiger partial charge in [0.25, 0.3) is 6.10 Å². The topological polar surface area (TPSA) is 32.8 Å². The van der Waals surface area contributed by atoms with Crippen molar-refractivity contribution in [3.63, 3.8) is 0 Å². The van der Waals surface area contributed by atoms with Gasteiger partial charge in [0.2, 0.25) is 0 Å². The van der Waals surface area contributed by atoms with E-state index in [4.69, 9.17) is 0 Å². The Bertz CT molecular complexity index is 465. The molecule has 0 unspecified atom stereocenters. The number of hydrogen-bond donors (Lipinski definition) is 0. The van der Waals surface area contributed by atoms with Crippen LogP contribution in [0.3, 0.4) is 0 Å². The Morgan fingerprint density at radius 2 is 1.62 bits per heavy atom. The zero-order valence-electron chi connectivity index (χ0n) is 13.0. The molecule has 1 amide bonds. The number of halogens is 6. The third kappa shape index (κ3) is 6.06. The maximum absolute atomic E-state index is 12.4. The van der Waals surface area contributed by atoms with Gasteiger partial charge in [-0.15, -0.1) is 0 Å². The van der Waals surface area contributed by atoms with Crippen LogP contribution in [0.5, 0.6) is 0 Å². The summed E-state index contributed by atoms with van der Waals surface area (Å²) in [6.45, 7) is 6.60. The van der Waals surface area contributed by atoms with E-state index in [-0.39, 0.29) is 13.1 Å². The summed E-state index contributed by atoms with van der Waals surface area (Å²) in [4.78, 5) is 14.4. The fourth-order valence-electron chi connectivity index (χ4n) is 2.19. The molecule has 1 aliphatic heterocycles. The largest absolute Gasteiger partial charge is 0.434 e. The molecule has 4 nitrogen and oxygen atoms in total. The molecular weight excluding hydrogens is 342 g/mol. The van der Waals surface area contributed by atoms with Gasteiger partial charge in [0, 0.05) is 32.7 Å². The van der Waals surface area contributed by atoms with Crippen molar-refractivity contribution in [2.75, 3.05) is 32.7 Å². The highest BCUT2D eigenvalue weighted by atomic mass is 19.4. The van der Waals surface area contributed by atoms with E-state index in [0.717, 1.165) is 10.5 Å². The van der Waals surface area contributed by atoms with Crippen molar-refractivity contribution in [3.05, 3.63) is 24.3 Å². The summed E-state index contributed by atoms with van der Waals surface area (Å²) in [6.07, 6.45) is -13.7. The van der Waals surface area contributed by atoms with E-state index in [9.17, 15) is 31.1 Å². The first kappa shape index (κ1) is 20.3. The molecule has 0 bridgehead atoms. The lowest BCUT2D eigenvalue weighted by molar-refractivity contribution is -0.308. The minimum absolute atomic E-state index is 0.0113. The number of carbonyl (C=O) groups is 1. The molecule has 1 rings (SSSR count). The van der Waals surface area contributed by atoms with Crippen molar-refractivity contribution in [2.24, 2.45) is 0 Å². The molecule has 138 valence electrons. The van der Waals surface area contributed by atoms with Gasteiger partial charge in [0.15, 0.2) is 0 Å². The van der Waals surface area contributed by atoms with Crippen molar-refractivity contribution in [1.29, 1.82) is 0 Å². The Balaban J connectivity index is 2.59. The Labute approximate surface area is 135 Å². The first-order valence-corrected chi connectivity index (χ1v) is 7.04. The summed E-state index contributed by atoms with van der Waals surface area (Å²) >= 11 is 0. The van der Waals surface area contributed by atoms with Crippen LogP contribution in [0.25, 0.3) is 0 Å². The molecule has 10 heteroatoms. The molecule has 1 saturated heterocycles. The lowest BCUT2D eigenvalue weighted by Gasteiger charge is -2.35. The number of piperazine rings is 1. The van der Waals surface area contributed by atoms with Gasteiger partial charge in [-0.25, -0.2) is 4.79 Å². The Kier molecular flexibility index (Phi) is 6.70. The van der Waals surface area contributed by atoms with E-state index >= 15 is 0 Å². The van der Waals surface area contributed by atoms with E-state index in [1.165, 1.54) is 0 Å². The molecule has 1 fully saturated rings. The second kappa shape index (κ2) is 7.91. The average Bonchev–Trinajstić information content (AvgIpc) is 2.43. The van der Waals surface area contributed by atoms with Crippen LogP contribution in [0.1, 0.15) is 6.92 Å². The van der Waals surface area contributed by atoms with Gasteiger partial charge in [-0.1, -0.05) is 24.3 Å². The van der Waals surface area contributed by atoms with Crippen molar-refractivity contribution in [1.82, 2.24) is 9.80 Å². The lowest BCUT2D eigenvalue weighted by Crippen LogP contribution is -2.52. The van der Waals surface area contributed by atoms with Crippen molar-refractivity contribution < 1.29 is 35.9 Å². The summed E-state index contributed by atoms with van der Waals surface area (Å²) in [6, 6.07) is 0. The van der Waals surface area contributed by atoms with Crippen LogP contribution in [0.4, 0.5) is 31.1 Å². The van der Waals surface area contributed by atoms with Crippen LogP contribution in [-0.4, -0.2) is 67.1 Å². The molecule has 0 aromatic heterocycles. The lowest BCUT2D eigenvalue weighted by atomic mass is 10.2. The fraction of sp³-hybridized carbons (Fsp3) is 0.643. The molecular formula is C14H18F6N2O2. The standard InChI is InChI=1S/C14H18F6N2O2/c1-3-4-10(2)9-21-5-7-22(8-6-21)12(23)24-11(13(15,16)17)14(18,19)20/h3-4,11H,1,5-9H2,2H3. The highest BCUT2D eigenvalue weighted by Crippen LogP contribution is 2.36. The van der Waals surface area contributed by atoms with Crippen LogP contribution in [0.15, 0.2) is 24.3 Å². The fourth-order valence-corrected chi connectivity index (χ4v) is 2.19. The van der Waals surface area contributed by atoms with Gasteiger partial charge in [-0.2, -0.15) is 26.3 Å². The molecule has 1 aliphatic rings. The summed E-state index contributed by atoms with van der Waals surface area (Å²) < 4.78 is 78.0.